The number of hydrogen-bond acceptors (Lipinski definition) is 19. The van der Waals surface area contributed by atoms with E-state index in [9.17, 15) is 8.42 Å². The van der Waals surface area contributed by atoms with E-state index >= 15 is 0 Å². The van der Waals surface area contributed by atoms with Crippen LogP contribution in [0.3, 0.4) is 0 Å². The Hall–Kier alpha value is -4.68. The third-order valence-electron chi connectivity index (χ3n) is 7.12. The fraction of sp³-hybridized carbons (Fsp3) is 0.156. The molecule has 0 unspecified atom stereocenters. The minimum Gasteiger partial charge on any atom is -0.300 e. The highest BCUT2D eigenvalue weighted by atomic mass is 32.2. The Morgan fingerprint density at radius 1 is 0.623 bits per heavy atom. The zero-order chi connectivity index (χ0) is 38.3. The van der Waals surface area contributed by atoms with Gasteiger partial charge in [-0.1, -0.05) is 78.3 Å². The van der Waals surface area contributed by atoms with Crippen LogP contribution in [0.2, 0.25) is 0 Å². The molecule has 0 aliphatic heterocycles. The van der Waals surface area contributed by atoms with E-state index in [0.717, 1.165) is 31.6 Å². The molecule has 5 heterocycles. The lowest BCUT2D eigenvalue weighted by atomic mass is 9.87. The molecule has 53 heavy (non-hydrogen) atoms. The van der Waals surface area contributed by atoms with Gasteiger partial charge in [-0.15, -0.1) is 0 Å². The number of anilines is 4. The summed E-state index contributed by atoms with van der Waals surface area (Å²) in [7, 11) is -4.16. The SMILES string of the molecule is CC(C)(C)c1ccc2nc(NN)sc2c1.Cc1ccc2nc(NN)sc2c1.NNc1nc2ccc(S(=O)(=O)O)cc2s1.NNc1nc2cccnc2s1. The van der Waals surface area contributed by atoms with Crippen LogP contribution in [0, 0.1) is 6.92 Å². The number of thiazole rings is 4. The molecule has 0 atom stereocenters. The highest BCUT2D eigenvalue weighted by Gasteiger charge is 2.15. The first kappa shape index (κ1) is 39.5. The van der Waals surface area contributed by atoms with Crippen molar-refractivity contribution in [2.75, 3.05) is 21.7 Å². The smallest absolute Gasteiger partial charge is 0.294 e. The number of nitrogens with two attached hydrogens (primary N) is 4. The Bertz CT molecular complexity index is 2540. The number of aromatic nitrogens is 5. The van der Waals surface area contributed by atoms with Crippen molar-refractivity contribution >= 4 is 117 Å². The predicted octanol–water partition coefficient (Wildman–Crippen LogP) is 6.58. The molecule has 0 amide bonds. The van der Waals surface area contributed by atoms with Crippen LogP contribution in [0.5, 0.6) is 0 Å². The minimum absolute atomic E-state index is 0.151. The van der Waals surface area contributed by atoms with Crippen molar-refractivity contribution < 1.29 is 13.0 Å². The number of hydrazine groups is 4. The lowest BCUT2D eigenvalue weighted by Crippen LogP contribution is -2.10. The quantitative estimate of drug-likeness (QED) is 0.0505. The topological polar surface area (TPSA) is 271 Å². The molecular weight excluding hydrogens is 775 g/mol. The molecule has 0 radical (unpaired) electrons. The summed E-state index contributed by atoms with van der Waals surface area (Å²) in [5.41, 5.74) is 16.2. The average Bonchev–Trinajstić information content (AvgIpc) is 3.94. The summed E-state index contributed by atoms with van der Waals surface area (Å²) in [5, 5.41) is 2.70. The maximum atomic E-state index is 10.9. The molecule has 16 nitrogen and oxygen atoms in total. The van der Waals surface area contributed by atoms with Crippen LogP contribution in [0.4, 0.5) is 20.5 Å². The van der Waals surface area contributed by atoms with Crippen LogP contribution < -0.4 is 45.1 Å². The van der Waals surface area contributed by atoms with Gasteiger partial charge in [0, 0.05) is 6.20 Å². The summed E-state index contributed by atoms with van der Waals surface area (Å²) >= 11 is 5.79. The van der Waals surface area contributed by atoms with Gasteiger partial charge in [-0.05, 0) is 78.1 Å². The Morgan fingerprint density at radius 2 is 1.09 bits per heavy atom. The number of hydrogen-bond donors (Lipinski definition) is 9. The molecule has 0 bridgehead atoms. The molecule has 0 saturated heterocycles. The third-order valence-corrected chi connectivity index (χ3v) is 11.7. The van der Waals surface area contributed by atoms with Crippen molar-refractivity contribution in [2.24, 2.45) is 23.4 Å². The molecule has 21 heteroatoms. The van der Waals surface area contributed by atoms with Crippen molar-refractivity contribution in [3.8, 4) is 0 Å². The van der Waals surface area contributed by atoms with E-state index in [-0.39, 0.29) is 10.3 Å². The summed E-state index contributed by atoms with van der Waals surface area (Å²) in [6.07, 6.45) is 1.74. The van der Waals surface area contributed by atoms with E-state index in [4.69, 9.17) is 27.9 Å². The number of nitrogens with zero attached hydrogens (tertiary/aromatic N) is 5. The van der Waals surface area contributed by atoms with E-state index in [1.165, 1.54) is 61.4 Å². The lowest BCUT2D eigenvalue weighted by Gasteiger charge is -2.18. The number of pyridine rings is 1. The van der Waals surface area contributed by atoms with Gasteiger partial charge in [0.15, 0.2) is 20.5 Å². The van der Waals surface area contributed by atoms with Crippen LogP contribution >= 0.6 is 45.3 Å². The Morgan fingerprint density at radius 3 is 1.60 bits per heavy atom. The van der Waals surface area contributed by atoms with Gasteiger partial charge in [0.1, 0.15) is 10.3 Å². The zero-order valence-electron chi connectivity index (χ0n) is 28.8. The Kier molecular flexibility index (Phi) is 12.7. The van der Waals surface area contributed by atoms with Gasteiger partial charge in [0.05, 0.1) is 35.5 Å². The molecule has 0 saturated carbocycles. The highest BCUT2D eigenvalue weighted by Crippen LogP contribution is 2.31. The summed E-state index contributed by atoms with van der Waals surface area (Å²) in [4.78, 5) is 21.7. The normalized spacial score (nSPS) is 11.3. The molecule has 8 aromatic rings. The van der Waals surface area contributed by atoms with Crippen LogP contribution in [-0.4, -0.2) is 37.9 Å². The fourth-order valence-corrected chi connectivity index (χ4v) is 8.31. The molecule has 0 aliphatic rings. The minimum atomic E-state index is -4.16. The van der Waals surface area contributed by atoms with Crippen LogP contribution in [0.25, 0.3) is 41.0 Å². The number of benzene rings is 3. The first-order chi connectivity index (χ1) is 25.2. The van der Waals surface area contributed by atoms with E-state index < -0.39 is 10.1 Å². The van der Waals surface area contributed by atoms with E-state index in [1.807, 2.05) is 30.3 Å². The van der Waals surface area contributed by atoms with Gasteiger partial charge in [0.25, 0.3) is 10.1 Å². The molecule has 0 aliphatic carbocycles. The van der Waals surface area contributed by atoms with Crippen molar-refractivity contribution in [1.29, 1.82) is 0 Å². The molecule has 0 spiro atoms. The van der Waals surface area contributed by atoms with E-state index in [2.05, 4.69) is 92.5 Å². The molecular formula is C32H37N13O3S5. The van der Waals surface area contributed by atoms with Crippen molar-refractivity contribution in [3.05, 3.63) is 84.1 Å². The predicted molar refractivity (Wildman–Crippen MR) is 221 cm³/mol. The fourth-order valence-electron chi connectivity index (χ4n) is 4.51. The second kappa shape index (κ2) is 17.0. The Labute approximate surface area is 320 Å². The van der Waals surface area contributed by atoms with Crippen molar-refractivity contribution in [2.45, 2.75) is 38.0 Å². The van der Waals surface area contributed by atoms with Gasteiger partial charge in [-0.2, -0.15) is 8.42 Å². The largest absolute Gasteiger partial charge is 0.300 e. The van der Waals surface area contributed by atoms with E-state index in [1.54, 1.807) is 28.9 Å². The van der Waals surface area contributed by atoms with Crippen molar-refractivity contribution in [1.82, 2.24) is 24.9 Å². The average molecular weight is 812 g/mol. The molecule has 278 valence electrons. The van der Waals surface area contributed by atoms with Crippen LogP contribution in [0.15, 0.2) is 77.8 Å². The summed E-state index contributed by atoms with van der Waals surface area (Å²) in [6.45, 7) is 8.68. The van der Waals surface area contributed by atoms with Crippen LogP contribution in [0.1, 0.15) is 31.9 Å². The maximum Gasteiger partial charge on any atom is 0.294 e. The number of aryl methyl sites for hydroxylation is 1. The van der Waals surface area contributed by atoms with Gasteiger partial charge in [-0.3, -0.25) is 26.3 Å². The first-order valence-electron chi connectivity index (χ1n) is 15.4. The summed E-state index contributed by atoms with van der Waals surface area (Å²) in [5.74, 6) is 20.9. The molecule has 13 N–H and O–H groups in total. The van der Waals surface area contributed by atoms with Crippen LogP contribution in [-0.2, 0) is 15.5 Å². The van der Waals surface area contributed by atoms with E-state index in [0.29, 0.717) is 20.5 Å². The molecule has 3 aromatic carbocycles. The number of rotatable bonds is 5. The third kappa shape index (κ3) is 10.3. The standard InChI is InChI=1S/C11H15N3S.C8H9N3S.C7H7N3O3S2.C6H6N4S/c1-11(2,3)7-4-5-8-9(6-7)15-10(13-8)14-12;1-5-2-3-6-7(4-5)12-8(10-6)11-9;8-10-7-9-5-2-1-4(15(11,12)13)3-6(5)14-7;7-10-6-9-4-2-1-3-8-5(4)11-6/h4-6H,12H2,1-3H3,(H,13,14);2-4H,9H2,1H3,(H,10,11);1-3H,8H2,(H,9,10)(H,11,12,13);1-3H,7H2,(H,9,10). The molecule has 5 aromatic heterocycles. The van der Waals surface area contributed by atoms with Gasteiger partial charge in [-0.25, -0.2) is 48.3 Å². The van der Waals surface area contributed by atoms with Gasteiger partial charge < -0.3 is 0 Å². The number of fused-ring (bicyclic) bond motifs is 4. The van der Waals surface area contributed by atoms with Gasteiger partial charge >= 0.3 is 0 Å². The van der Waals surface area contributed by atoms with Gasteiger partial charge in [0.2, 0.25) is 0 Å². The second-order valence-corrected chi connectivity index (χ2v) is 17.5. The second-order valence-electron chi connectivity index (χ2n) is 12.0. The first-order valence-corrected chi connectivity index (χ1v) is 20.2. The summed E-state index contributed by atoms with van der Waals surface area (Å²) < 4.78 is 33.5. The number of nitrogens with one attached hydrogen (secondary N) is 4. The van der Waals surface area contributed by atoms with Crippen molar-refractivity contribution in [3.63, 3.8) is 0 Å². The lowest BCUT2D eigenvalue weighted by molar-refractivity contribution is 0.483. The number of nitrogen functional groups attached to an aromatic ring is 4. The maximum absolute atomic E-state index is 10.9. The Balaban J connectivity index is 0.000000137. The monoisotopic (exact) mass is 811 g/mol. The highest BCUT2D eigenvalue weighted by molar-refractivity contribution is 7.85. The summed E-state index contributed by atoms with van der Waals surface area (Å²) in [6, 6.07) is 20.4. The molecule has 8 rings (SSSR count). The zero-order valence-corrected chi connectivity index (χ0v) is 32.9. The molecule has 0 fully saturated rings.